The van der Waals surface area contributed by atoms with Gasteiger partial charge in [0.15, 0.2) is 6.29 Å². The summed E-state index contributed by atoms with van der Waals surface area (Å²) < 4.78 is 0. The molecule has 0 aromatic carbocycles. The summed E-state index contributed by atoms with van der Waals surface area (Å²) in [4.78, 5) is 13.9. The Hall–Kier alpha value is -1.18. The molecule has 69 valence electrons. The molecule has 1 aromatic rings. The minimum Gasteiger partial charge on any atom is -0.291 e. The highest BCUT2D eigenvalue weighted by Gasteiger charge is 1.92. The molecule has 0 saturated carbocycles. The van der Waals surface area contributed by atoms with Gasteiger partial charge < -0.3 is 0 Å². The van der Waals surface area contributed by atoms with Crippen molar-refractivity contribution in [2.75, 3.05) is 0 Å². The molecule has 1 aromatic heterocycles. The van der Waals surface area contributed by atoms with Gasteiger partial charge in [-0.05, 0) is 37.0 Å². The standard InChI is InChI=1S/C11H14NO/c13-10-4-2-1-3-5-11-6-8-12-9-7-11/h6-9H,1-5H2. The molecule has 0 amide bonds. The third-order valence-corrected chi connectivity index (χ3v) is 1.99. The molecular weight excluding hydrogens is 162 g/mol. The SMILES string of the molecule is O=[C]CCCCCc1ccncc1. The molecule has 0 aliphatic rings. The first-order valence-electron chi connectivity index (χ1n) is 4.67. The molecule has 1 radical (unpaired) electrons. The average Bonchev–Trinajstić information content (AvgIpc) is 2.19. The van der Waals surface area contributed by atoms with E-state index >= 15 is 0 Å². The summed E-state index contributed by atoms with van der Waals surface area (Å²) in [5, 5.41) is 0. The summed E-state index contributed by atoms with van der Waals surface area (Å²) >= 11 is 0. The molecule has 2 heteroatoms. The molecule has 0 unspecified atom stereocenters. The maximum atomic E-state index is 9.90. The Labute approximate surface area is 79.0 Å². The van der Waals surface area contributed by atoms with E-state index in [-0.39, 0.29) is 0 Å². The summed E-state index contributed by atoms with van der Waals surface area (Å²) in [5.74, 6) is 0. The maximum absolute atomic E-state index is 9.90. The zero-order valence-electron chi connectivity index (χ0n) is 7.70. The van der Waals surface area contributed by atoms with Crippen molar-refractivity contribution in [2.45, 2.75) is 32.1 Å². The number of unbranched alkanes of at least 4 members (excludes halogenated alkanes) is 3. The van der Waals surface area contributed by atoms with Crippen LogP contribution in [0.3, 0.4) is 0 Å². The molecule has 0 spiro atoms. The van der Waals surface area contributed by atoms with E-state index in [1.165, 1.54) is 5.56 Å². The average molecular weight is 176 g/mol. The minimum atomic E-state index is 0.580. The van der Waals surface area contributed by atoms with E-state index < -0.39 is 0 Å². The van der Waals surface area contributed by atoms with E-state index in [1.54, 1.807) is 0 Å². The smallest absolute Gasteiger partial charge is 0.198 e. The van der Waals surface area contributed by atoms with Crippen LogP contribution >= 0.6 is 0 Å². The first-order chi connectivity index (χ1) is 6.43. The number of hydrogen-bond acceptors (Lipinski definition) is 2. The van der Waals surface area contributed by atoms with Crippen molar-refractivity contribution in [3.8, 4) is 0 Å². The van der Waals surface area contributed by atoms with Crippen LogP contribution in [0.15, 0.2) is 24.5 Å². The van der Waals surface area contributed by atoms with E-state index in [4.69, 9.17) is 0 Å². The maximum Gasteiger partial charge on any atom is 0.198 e. The third-order valence-electron chi connectivity index (χ3n) is 1.99. The van der Waals surface area contributed by atoms with Crippen LogP contribution in [0.5, 0.6) is 0 Å². The molecular formula is C11H14NO. The fraction of sp³-hybridized carbons (Fsp3) is 0.455. The largest absolute Gasteiger partial charge is 0.291 e. The summed E-state index contributed by atoms with van der Waals surface area (Å²) in [6.45, 7) is 0. The predicted octanol–water partition coefficient (Wildman–Crippen LogP) is 2.29. The van der Waals surface area contributed by atoms with E-state index in [0.29, 0.717) is 6.42 Å². The molecule has 1 rings (SSSR count). The van der Waals surface area contributed by atoms with Crippen molar-refractivity contribution >= 4 is 6.29 Å². The van der Waals surface area contributed by atoms with Gasteiger partial charge in [-0.15, -0.1) is 0 Å². The molecule has 0 aliphatic heterocycles. The van der Waals surface area contributed by atoms with Gasteiger partial charge in [-0.25, -0.2) is 0 Å². The van der Waals surface area contributed by atoms with Gasteiger partial charge >= 0.3 is 0 Å². The van der Waals surface area contributed by atoms with Crippen molar-refractivity contribution in [3.63, 3.8) is 0 Å². The van der Waals surface area contributed by atoms with Crippen LogP contribution in [-0.2, 0) is 11.2 Å². The second-order valence-corrected chi connectivity index (χ2v) is 3.06. The van der Waals surface area contributed by atoms with E-state index in [1.807, 2.05) is 30.8 Å². The Balaban J connectivity index is 2.10. The Morgan fingerprint density at radius 3 is 2.62 bits per heavy atom. The third kappa shape index (κ3) is 4.41. The Bertz CT molecular complexity index is 233. The highest BCUT2D eigenvalue weighted by Crippen LogP contribution is 2.05. The Morgan fingerprint density at radius 2 is 1.92 bits per heavy atom. The minimum absolute atomic E-state index is 0.580. The number of rotatable bonds is 6. The summed E-state index contributed by atoms with van der Waals surface area (Å²) in [7, 11) is 0. The van der Waals surface area contributed by atoms with Gasteiger partial charge in [0.1, 0.15) is 0 Å². The zero-order chi connectivity index (χ0) is 9.36. The van der Waals surface area contributed by atoms with E-state index in [2.05, 4.69) is 4.98 Å². The van der Waals surface area contributed by atoms with Crippen molar-refractivity contribution in [3.05, 3.63) is 30.1 Å². The topological polar surface area (TPSA) is 30.0 Å². The van der Waals surface area contributed by atoms with Gasteiger partial charge in [0.05, 0.1) is 0 Å². The van der Waals surface area contributed by atoms with Crippen LogP contribution in [0.4, 0.5) is 0 Å². The summed E-state index contributed by atoms with van der Waals surface area (Å²) in [5.41, 5.74) is 1.32. The first-order valence-corrected chi connectivity index (χ1v) is 4.67. The normalized spacial score (nSPS) is 9.85. The van der Waals surface area contributed by atoms with Crippen LogP contribution in [-0.4, -0.2) is 11.3 Å². The van der Waals surface area contributed by atoms with Crippen LogP contribution in [0.2, 0.25) is 0 Å². The lowest BCUT2D eigenvalue weighted by molar-refractivity contribution is 0.545. The number of aryl methyl sites for hydroxylation is 1. The number of pyridine rings is 1. The lowest BCUT2D eigenvalue weighted by Gasteiger charge is -1.98. The second kappa shape index (κ2) is 6.35. The van der Waals surface area contributed by atoms with Gasteiger partial charge in [0.2, 0.25) is 0 Å². The number of aromatic nitrogens is 1. The van der Waals surface area contributed by atoms with Crippen molar-refractivity contribution in [2.24, 2.45) is 0 Å². The fourth-order valence-corrected chi connectivity index (χ4v) is 1.25. The molecule has 0 fully saturated rings. The predicted molar refractivity (Wildman–Crippen MR) is 52.1 cm³/mol. The van der Waals surface area contributed by atoms with Gasteiger partial charge in [0.25, 0.3) is 0 Å². The molecule has 0 atom stereocenters. The Morgan fingerprint density at radius 1 is 1.15 bits per heavy atom. The van der Waals surface area contributed by atoms with Gasteiger partial charge in [0, 0.05) is 18.8 Å². The highest BCUT2D eigenvalue weighted by molar-refractivity contribution is 5.50. The molecule has 0 bridgehead atoms. The summed E-state index contributed by atoms with van der Waals surface area (Å²) in [6, 6.07) is 4.07. The number of nitrogens with zero attached hydrogens (tertiary/aromatic N) is 1. The number of hydrogen-bond donors (Lipinski definition) is 0. The van der Waals surface area contributed by atoms with Crippen LogP contribution < -0.4 is 0 Å². The van der Waals surface area contributed by atoms with Gasteiger partial charge in [-0.2, -0.15) is 0 Å². The van der Waals surface area contributed by atoms with E-state index in [0.717, 1.165) is 25.7 Å². The lowest BCUT2D eigenvalue weighted by Crippen LogP contribution is -1.86. The molecule has 0 saturated heterocycles. The van der Waals surface area contributed by atoms with Gasteiger partial charge in [-0.3, -0.25) is 9.78 Å². The van der Waals surface area contributed by atoms with Crippen LogP contribution in [0.25, 0.3) is 0 Å². The molecule has 0 aliphatic carbocycles. The van der Waals surface area contributed by atoms with Crippen molar-refractivity contribution in [1.82, 2.24) is 4.98 Å². The van der Waals surface area contributed by atoms with Crippen molar-refractivity contribution in [1.29, 1.82) is 0 Å². The molecule has 0 N–H and O–H groups in total. The second-order valence-electron chi connectivity index (χ2n) is 3.06. The molecule has 2 nitrogen and oxygen atoms in total. The summed E-state index contributed by atoms with van der Waals surface area (Å²) in [6.07, 6.45) is 10.4. The number of carbonyl (C=O) groups excluding carboxylic acids is 1. The quantitative estimate of drug-likeness (QED) is 0.622. The zero-order valence-corrected chi connectivity index (χ0v) is 7.70. The van der Waals surface area contributed by atoms with Crippen LogP contribution in [0.1, 0.15) is 31.2 Å². The highest BCUT2D eigenvalue weighted by atomic mass is 16.1. The van der Waals surface area contributed by atoms with E-state index in [9.17, 15) is 4.79 Å². The monoisotopic (exact) mass is 176 g/mol. The van der Waals surface area contributed by atoms with Gasteiger partial charge in [-0.1, -0.05) is 6.42 Å². The molecule has 1 heterocycles. The fourth-order valence-electron chi connectivity index (χ4n) is 1.25. The van der Waals surface area contributed by atoms with Crippen molar-refractivity contribution < 1.29 is 4.79 Å². The Kier molecular flexibility index (Phi) is 4.84. The first kappa shape index (κ1) is 9.90. The van der Waals surface area contributed by atoms with Crippen LogP contribution in [0, 0.1) is 0 Å². The molecule has 13 heavy (non-hydrogen) atoms. The lowest BCUT2D eigenvalue weighted by atomic mass is 10.1.